The maximum absolute atomic E-state index is 5.62. The molecule has 0 amide bonds. The lowest BCUT2D eigenvalue weighted by Crippen LogP contribution is -2.36. The fraction of sp³-hybridized carbons (Fsp3) is 0.500. The Morgan fingerprint density at radius 2 is 1.79 bits per heavy atom. The maximum Gasteiger partial charge on any atom is 0.197 e. The predicted molar refractivity (Wildman–Crippen MR) is 137 cm³/mol. The van der Waals surface area contributed by atoms with E-state index in [1.54, 1.807) is 18.0 Å². The van der Waals surface area contributed by atoms with Gasteiger partial charge in [-0.05, 0) is 86.7 Å². The molecule has 2 aliphatic carbocycles. The number of hydrogen-bond donors (Lipinski definition) is 1. The van der Waals surface area contributed by atoms with Crippen molar-refractivity contribution in [3.8, 4) is 17.0 Å². The van der Waals surface area contributed by atoms with Crippen LogP contribution >= 0.6 is 0 Å². The summed E-state index contributed by atoms with van der Waals surface area (Å²) in [6.07, 6.45) is 11.6. The highest BCUT2D eigenvalue weighted by Crippen LogP contribution is 2.41. The molecule has 3 aromatic heterocycles. The van der Waals surface area contributed by atoms with E-state index < -0.39 is 0 Å². The minimum Gasteiger partial charge on any atom is -0.493 e. The van der Waals surface area contributed by atoms with Crippen LogP contribution in [0.1, 0.15) is 75.3 Å². The molecule has 0 aliphatic heterocycles. The second kappa shape index (κ2) is 8.42. The van der Waals surface area contributed by atoms with E-state index in [1.165, 1.54) is 60.6 Å². The number of fused-ring (bicyclic) bond motifs is 2. The van der Waals surface area contributed by atoms with Crippen LogP contribution < -0.4 is 4.74 Å². The fourth-order valence-electron chi connectivity index (χ4n) is 6.09. The Morgan fingerprint density at radius 1 is 1.06 bits per heavy atom. The van der Waals surface area contributed by atoms with E-state index in [0.29, 0.717) is 11.8 Å². The summed E-state index contributed by atoms with van der Waals surface area (Å²) in [5.41, 5.74) is 7.01. The Bertz CT molecular complexity index is 1320. The first-order chi connectivity index (χ1) is 16.5. The van der Waals surface area contributed by atoms with Gasteiger partial charge in [-0.1, -0.05) is 19.9 Å². The van der Waals surface area contributed by atoms with Crippen molar-refractivity contribution < 1.29 is 4.74 Å². The van der Waals surface area contributed by atoms with Gasteiger partial charge < -0.3 is 14.6 Å². The van der Waals surface area contributed by atoms with Crippen LogP contribution in [-0.2, 0) is 0 Å². The van der Waals surface area contributed by atoms with Crippen molar-refractivity contribution in [3.63, 3.8) is 0 Å². The number of ether oxygens (including phenoxy) is 1. The van der Waals surface area contributed by atoms with Crippen LogP contribution in [0.3, 0.4) is 0 Å². The Morgan fingerprint density at radius 3 is 2.47 bits per heavy atom. The quantitative estimate of drug-likeness (QED) is 0.378. The lowest BCUT2D eigenvalue weighted by molar-refractivity contribution is 0.174. The number of aromatic amines is 1. The topological polar surface area (TPSA) is 58.5 Å². The average molecular weight is 458 g/mol. The highest BCUT2D eigenvalue weighted by molar-refractivity contribution is 5.92. The lowest BCUT2D eigenvalue weighted by Gasteiger charge is -2.35. The molecule has 4 aromatic rings. The van der Waals surface area contributed by atoms with Gasteiger partial charge in [0, 0.05) is 34.7 Å². The third-order valence-corrected chi connectivity index (χ3v) is 8.16. The first-order valence-corrected chi connectivity index (χ1v) is 12.8. The zero-order valence-corrected chi connectivity index (χ0v) is 20.7. The largest absolute Gasteiger partial charge is 0.493 e. The monoisotopic (exact) mass is 457 g/mol. The van der Waals surface area contributed by atoms with Crippen molar-refractivity contribution in [1.29, 1.82) is 0 Å². The van der Waals surface area contributed by atoms with Crippen molar-refractivity contribution in [2.45, 2.75) is 76.3 Å². The Balaban J connectivity index is 1.35. The van der Waals surface area contributed by atoms with Crippen molar-refractivity contribution in [3.05, 3.63) is 47.9 Å². The van der Waals surface area contributed by atoms with Crippen LogP contribution in [0.15, 0.2) is 36.8 Å². The van der Waals surface area contributed by atoms with E-state index in [-0.39, 0.29) is 0 Å². The molecular weight excluding hydrogens is 422 g/mol. The van der Waals surface area contributed by atoms with Crippen LogP contribution in [0.25, 0.3) is 27.8 Å². The third-order valence-electron chi connectivity index (χ3n) is 8.16. The molecule has 0 spiro atoms. The summed E-state index contributed by atoms with van der Waals surface area (Å²) >= 11 is 0. The molecule has 0 bridgehead atoms. The Kier molecular flexibility index (Phi) is 5.36. The normalized spacial score (nSPS) is 21.2. The van der Waals surface area contributed by atoms with Gasteiger partial charge >= 0.3 is 0 Å². The Hall–Kier alpha value is -2.86. The minimum atomic E-state index is 0.388. The summed E-state index contributed by atoms with van der Waals surface area (Å²) < 4.78 is 7.42. The van der Waals surface area contributed by atoms with Crippen molar-refractivity contribution in [2.75, 3.05) is 14.2 Å². The first-order valence-electron chi connectivity index (χ1n) is 12.8. The number of nitrogens with one attached hydrogen (secondary N) is 1. The van der Waals surface area contributed by atoms with E-state index >= 15 is 0 Å². The molecule has 34 heavy (non-hydrogen) atoms. The molecule has 1 N–H and O–H groups in total. The summed E-state index contributed by atoms with van der Waals surface area (Å²) in [4.78, 5) is 10.7. The molecule has 1 aromatic carbocycles. The van der Waals surface area contributed by atoms with Gasteiger partial charge in [-0.3, -0.25) is 0 Å². The molecule has 2 saturated carbocycles. The highest BCUT2D eigenvalue weighted by Gasteiger charge is 2.33. The molecule has 6 nitrogen and oxygen atoms in total. The summed E-state index contributed by atoms with van der Waals surface area (Å²) in [7, 11) is 4.03. The first kappa shape index (κ1) is 21.7. The number of nitrogens with zero attached hydrogens (tertiary/aromatic N) is 4. The van der Waals surface area contributed by atoms with Crippen LogP contribution in [0.4, 0.5) is 0 Å². The zero-order chi connectivity index (χ0) is 23.4. The number of benzene rings is 1. The molecular formula is C28H35N5O. The summed E-state index contributed by atoms with van der Waals surface area (Å²) in [5.74, 6) is 1.79. The second-order valence-corrected chi connectivity index (χ2v) is 10.6. The van der Waals surface area contributed by atoms with Gasteiger partial charge in [-0.25, -0.2) is 9.50 Å². The average Bonchev–Trinajstić information content (AvgIpc) is 3.46. The number of rotatable bonds is 6. The number of H-pyrrole nitrogens is 1. The van der Waals surface area contributed by atoms with Crippen molar-refractivity contribution >= 4 is 16.6 Å². The van der Waals surface area contributed by atoms with E-state index in [9.17, 15) is 0 Å². The molecule has 0 unspecified atom stereocenters. The maximum atomic E-state index is 5.62. The van der Waals surface area contributed by atoms with Gasteiger partial charge in [-0.2, -0.15) is 5.10 Å². The number of pyridine rings is 1. The van der Waals surface area contributed by atoms with Gasteiger partial charge in [-0.15, -0.1) is 0 Å². The van der Waals surface area contributed by atoms with Crippen LogP contribution in [0.2, 0.25) is 0 Å². The van der Waals surface area contributed by atoms with Gasteiger partial charge in [0.15, 0.2) is 11.4 Å². The number of hydrogen-bond acceptors (Lipinski definition) is 4. The van der Waals surface area contributed by atoms with Crippen LogP contribution in [0.5, 0.6) is 5.75 Å². The number of aromatic nitrogens is 4. The molecule has 0 saturated heterocycles. The standard InChI is InChI=1S/C28H35N5O/c1-17(2)26-23-13-19(18-5-8-21(9-6-18)32(3)22-10-11-22)7-12-24(23)31-27(26)20-14-25(34-4)28-29-16-30-33(28)15-20/h7,12-18,21-22,31H,5-6,8-11H2,1-4H3. The predicted octanol–water partition coefficient (Wildman–Crippen LogP) is 6.13. The van der Waals surface area contributed by atoms with E-state index in [4.69, 9.17) is 4.74 Å². The van der Waals surface area contributed by atoms with Gasteiger partial charge in [0.2, 0.25) is 0 Å². The zero-order valence-electron chi connectivity index (χ0n) is 20.7. The van der Waals surface area contributed by atoms with Gasteiger partial charge in [0.1, 0.15) is 6.33 Å². The summed E-state index contributed by atoms with van der Waals surface area (Å²) in [5, 5.41) is 5.70. The summed E-state index contributed by atoms with van der Waals surface area (Å²) in [6.45, 7) is 4.56. The van der Waals surface area contributed by atoms with E-state index in [2.05, 4.69) is 65.1 Å². The van der Waals surface area contributed by atoms with Crippen LogP contribution in [0, 0.1) is 0 Å². The fourth-order valence-corrected chi connectivity index (χ4v) is 6.09. The smallest absolute Gasteiger partial charge is 0.197 e. The van der Waals surface area contributed by atoms with E-state index in [0.717, 1.165) is 34.7 Å². The summed E-state index contributed by atoms with van der Waals surface area (Å²) in [6, 6.07) is 10.8. The molecule has 3 heterocycles. The van der Waals surface area contributed by atoms with Crippen molar-refractivity contribution in [1.82, 2.24) is 24.5 Å². The Labute approximate surface area is 201 Å². The SMILES string of the molecule is COc1cc(-c2[nH]c3ccc(C4CCC(N(C)C5CC5)CC4)cc3c2C(C)C)cn2ncnc12. The molecule has 2 fully saturated rings. The molecule has 6 heteroatoms. The van der Waals surface area contributed by atoms with Crippen molar-refractivity contribution in [2.24, 2.45) is 0 Å². The minimum absolute atomic E-state index is 0.388. The molecule has 178 valence electrons. The van der Waals surface area contributed by atoms with Gasteiger partial charge in [0.25, 0.3) is 0 Å². The van der Waals surface area contributed by atoms with Crippen LogP contribution in [-0.4, -0.2) is 50.7 Å². The molecule has 2 aliphatic rings. The lowest BCUT2D eigenvalue weighted by atomic mass is 9.80. The molecule has 0 atom stereocenters. The number of methoxy groups -OCH3 is 1. The molecule has 6 rings (SSSR count). The van der Waals surface area contributed by atoms with E-state index in [1.807, 2.05) is 6.20 Å². The molecule has 0 radical (unpaired) electrons. The van der Waals surface area contributed by atoms with Gasteiger partial charge in [0.05, 0.1) is 12.8 Å². The highest BCUT2D eigenvalue weighted by atomic mass is 16.5. The third kappa shape index (κ3) is 3.68. The second-order valence-electron chi connectivity index (χ2n) is 10.6.